The highest BCUT2D eigenvalue weighted by atomic mass is 79.9. The molecule has 15 heavy (non-hydrogen) atoms. The van der Waals surface area contributed by atoms with Gasteiger partial charge in [-0.3, -0.25) is 0 Å². The Hall–Kier alpha value is -0.380. The first-order valence-electron chi connectivity index (χ1n) is 5.27. The van der Waals surface area contributed by atoms with Crippen LogP contribution in [-0.4, -0.2) is 24.3 Å². The normalized spacial score (nSPS) is 12.8. The standard InChI is InChI=1S/C12H18BrNO/c1-3-14-8-11(15)6-10-5-4-9(2)12(13)7-10/h4-5,7,11,14-15H,3,6,8H2,1-2H3. The van der Waals surface area contributed by atoms with Crippen LogP contribution in [0.25, 0.3) is 0 Å². The molecule has 2 nitrogen and oxygen atoms in total. The van der Waals surface area contributed by atoms with Gasteiger partial charge >= 0.3 is 0 Å². The van der Waals surface area contributed by atoms with Gasteiger partial charge < -0.3 is 10.4 Å². The molecule has 0 saturated heterocycles. The van der Waals surface area contributed by atoms with Crippen molar-refractivity contribution in [3.63, 3.8) is 0 Å². The number of benzene rings is 1. The van der Waals surface area contributed by atoms with E-state index in [1.807, 2.05) is 6.92 Å². The molecule has 3 heteroatoms. The Kier molecular flexibility index (Phi) is 5.29. The number of hydrogen-bond acceptors (Lipinski definition) is 2. The zero-order valence-corrected chi connectivity index (χ0v) is 10.8. The van der Waals surface area contributed by atoms with Crippen LogP contribution in [0.15, 0.2) is 22.7 Å². The summed E-state index contributed by atoms with van der Waals surface area (Å²) < 4.78 is 1.11. The molecule has 0 aromatic heterocycles. The van der Waals surface area contributed by atoms with Crippen LogP contribution >= 0.6 is 15.9 Å². The highest BCUT2D eigenvalue weighted by molar-refractivity contribution is 9.10. The zero-order chi connectivity index (χ0) is 11.3. The minimum absolute atomic E-state index is 0.306. The van der Waals surface area contributed by atoms with Crippen LogP contribution in [0.1, 0.15) is 18.1 Å². The molecule has 0 aliphatic carbocycles. The number of nitrogens with one attached hydrogen (secondary N) is 1. The molecule has 2 N–H and O–H groups in total. The molecule has 1 aromatic carbocycles. The average molecular weight is 272 g/mol. The van der Waals surface area contributed by atoms with E-state index in [4.69, 9.17) is 0 Å². The molecule has 0 fully saturated rings. The lowest BCUT2D eigenvalue weighted by atomic mass is 10.1. The van der Waals surface area contributed by atoms with E-state index in [9.17, 15) is 5.11 Å². The lowest BCUT2D eigenvalue weighted by Crippen LogP contribution is -2.28. The summed E-state index contributed by atoms with van der Waals surface area (Å²) in [6, 6.07) is 6.21. The number of aliphatic hydroxyl groups is 1. The lowest BCUT2D eigenvalue weighted by molar-refractivity contribution is 0.172. The summed E-state index contributed by atoms with van der Waals surface area (Å²) in [7, 11) is 0. The fraction of sp³-hybridized carbons (Fsp3) is 0.500. The number of aliphatic hydroxyl groups excluding tert-OH is 1. The zero-order valence-electron chi connectivity index (χ0n) is 9.26. The maximum Gasteiger partial charge on any atom is 0.0704 e. The molecule has 0 bridgehead atoms. The van der Waals surface area contributed by atoms with Crippen molar-refractivity contribution in [1.82, 2.24) is 5.32 Å². The van der Waals surface area contributed by atoms with Gasteiger partial charge in [-0.2, -0.15) is 0 Å². The molecule has 0 saturated carbocycles. The predicted octanol–water partition coefficient (Wildman–Crippen LogP) is 2.27. The molecule has 1 rings (SSSR count). The summed E-state index contributed by atoms with van der Waals surface area (Å²) in [6.45, 7) is 5.65. The molecule has 84 valence electrons. The fourth-order valence-electron chi connectivity index (χ4n) is 1.42. The number of hydrogen-bond donors (Lipinski definition) is 2. The highest BCUT2D eigenvalue weighted by Crippen LogP contribution is 2.18. The van der Waals surface area contributed by atoms with Crippen molar-refractivity contribution >= 4 is 15.9 Å². The molecule has 0 amide bonds. The molecule has 1 atom stereocenters. The summed E-state index contributed by atoms with van der Waals surface area (Å²) >= 11 is 3.49. The van der Waals surface area contributed by atoms with Gasteiger partial charge in [-0.05, 0) is 37.1 Å². The van der Waals surface area contributed by atoms with Gasteiger partial charge in [0.05, 0.1) is 6.10 Å². The molecule has 1 aromatic rings. The first-order valence-corrected chi connectivity index (χ1v) is 6.06. The van der Waals surface area contributed by atoms with E-state index in [1.54, 1.807) is 0 Å². The minimum atomic E-state index is -0.306. The van der Waals surface area contributed by atoms with E-state index in [-0.39, 0.29) is 6.10 Å². The van der Waals surface area contributed by atoms with Crippen molar-refractivity contribution in [1.29, 1.82) is 0 Å². The smallest absolute Gasteiger partial charge is 0.0704 e. The third kappa shape index (κ3) is 4.33. The van der Waals surface area contributed by atoms with E-state index in [2.05, 4.69) is 46.4 Å². The van der Waals surface area contributed by atoms with Crippen molar-refractivity contribution in [2.24, 2.45) is 0 Å². The van der Waals surface area contributed by atoms with Crippen LogP contribution in [-0.2, 0) is 6.42 Å². The van der Waals surface area contributed by atoms with Crippen molar-refractivity contribution in [3.05, 3.63) is 33.8 Å². The van der Waals surface area contributed by atoms with Gasteiger partial charge in [0.15, 0.2) is 0 Å². The Morgan fingerprint density at radius 1 is 1.47 bits per heavy atom. The number of halogens is 1. The molecular formula is C12H18BrNO. The van der Waals surface area contributed by atoms with Crippen LogP contribution in [0.5, 0.6) is 0 Å². The summed E-state index contributed by atoms with van der Waals surface area (Å²) in [5.41, 5.74) is 2.39. The monoisotopic (exact) mass is 271 g/mol. The minimum Gasteiger partial charge on any atom is -0.391 e. The third-order valence-electron chi connectivity index (χ3n) is 2.34. The summed E-state index contributed by atoms with van der Waals surface area (Å²) in [4.78, 5) is 0. The lowest BCUT2D eigenvalue weighted by Gasteiger charge is -2.11. The van der Waals surface area contributed by atoms with Crippen molar-refractivity contribution in [3.8, 4) is 0 Å². The second-order valence-electron chi connectivity index (χ2n) is 3.75. The van der Waals surface area contributed by atoms with Gasteiger partial charge in [0.25, 0.3) is 0 Å². The van der Waals surface area contributed by atoms with Crippen LogP contribution in [0.4, 0.5) is 0 Å². The van der Waals surface area contributed by atoms with Crippen LogP contribution < -0.4 is 5.32 Å². The molecule has 0 spiro atoms. The number of likely N-dealkylation sites (N-methyl/N-ethyl adjacent to an activating group) is 1. The molecular weight excluding hydrogens is 254 g/mol. The summed E-state index contributed by atoms with van der Waals surface area (Å²) in [5, 5.41) is 12.8. The number of rotatable bonds is 5. The molecule has 1 unspecified atom stereocenters. The Morgan fingerprint density at radius 2 is 2.20 bits per heavy atom. The maximum absolute atomic E-state index is 9.72. The Morgan fingerprint density at radius 3 is 2.80 bits per heavy atom. The van der Waals surface area contributed by atoms with E-state index < -0.39 is 0 Å². The first-order chi connectivity index (χ1) is 7.13. The molecule has 0 aliphatic rings. The Labute approximate surface area is 99.8 Å². The highest BCUT2D eigenvalue weighted by Gasteiger charge is 2.05. The molecule has 0 aliphatic heterocycles. The van der Waals surface area contributed by atoms with Crippen LogP contribution in [0.3, 0.4) is 0 Å². The van der Waals surface area contributed by atoms with Gasteiger partial charge in [-0.15, -0.1) is 0 Å². The third-order valence-corrected chi connectivity index (χ3v) is 3.19. The van der Waals surface area contributed by atoms with Gasteiger partial charge in [0, 0.05) is 11.0 Å². The van der Waals surface area contributed by atoms with Gasteiger partial charge in [0.1, 0.15) is 0 Å². The van der Waals surface area contributed by atoms with Crippen molar-refractivity contribution in [2.75, 3.05) is 13.1 Å². The van der Waals surface area contributed by atoms with Crippen molar-refractivity contribution in [2.45, 2.75) is 26.4 Å². The quantitative estimate of drug-likeness (QED) is 0.861. The predicted molar refractivity (Wildman–Crippen MR) is 67.1 cm³/mol. The second-order valence-corrected chi connectivity index (χ2v) is 4.60. The van der Waals surface area contributed by atoms with Gasteiger partial charge in [-0.1, -0.05) is 35.0 Å². The Balaban J connectivity index is 2.53. The largest absolute Gasteiger partial charge is 0.391 e. The first kappa shape index (κ1) is 12.7. The second kappa shape index (κ2) is 6.26. The van der Waals surface area contributed by atoms with Gasteiger partial charge in [0.2, 0.25) is 0 Å². The van der Waals surface area contributed by atoms with E-state index in [1.165, 1.54) is 5.56 Å². The van der Waals surface area contributed by atoms with E-state index in [0.29, 0.717) is 13.0 Å². The van der Waals surface area contributed by atoms with E-state index >= 15 is 0 Å². The van der Waals surface area contributed by atoms with Crippen LogP contribution in [0.2, 0.25) is 0 Å². The van der Waals surface area contributed by atoms with Gasteiger partial charge in [-0.25, -0.2) is 0 Å². The number of aryl methyl sites for hydroxylation is 1. The van der Waals surface area contributed by atoms with E-state index in [0.717, 1.165) is 16.6 Å². The maximum atomic E-state index is 9.72. The summed E-state index contributed by atoms with van der Waals surface area (Å²) in [5.74, 6) is 0. The SMILES string of the molecule is CCNCC(O)Cc1ccc(C)c(Br)c1. The summed E-state index contributed by atoms with van der Waals surface area (Å²) in [6.07, 6.45) is 0.394. The average Bonchev–Trinajstić information content (AvgIpc) is 2.20. The topological polar surface area (TPSA) is 32.3 Å². The van der Waals surface area contributed by atoms with Crippen LogP contribution in [0, 0.1) is 6.92 Å². The van der Waals surface area contributed by atoms with Crippen molar-refractivity contribution < 1.29 is 5.11 Å². The Bertz CT molecular complexity index is 314. The molecule has 0 radical (unpaired) electrons. The molecule has 0 heterocycles. The fourth-order valence-corrected chi connectivity index (χ4v) is 1.84.